The van der Waals surface area contributed by atoms with Crippen molar-refractivity contribution in [2.24, 2.45) is 5.41 Å². The Morgan fingerprint density at radius 1 is 1.00 bits per heavy atom. The zero-order valence-electron chi connectivity index (χ0n) is 16.2. The smallest absolute Gasteiger partial charge is 0.237 e. The minimum atomic E-state index is -0.844. The number of carbonyl (C=O) groups is 1. The van der Waals surface area contributed by atoms with Crippen LogP contribution in [0.1, 0.15) is 44.0 Å². The summed E-state index contributed by atoms with van der Waals surface area (Å²) in [6, 6.07) is 8.56. The second-order valence-electron chi connectivity index (χ2n) is 8.48. The highest BCUT2D eigenvalue weighted by Crippen LogP contribution is 2.67. The van der Waals surface area contributed by atoms with Crippen LogP contribution in [0.25, 0.3) is 11.0 Å². The zero-order valence-corrected chi connectivity index (χ0v) is 19.2. The van der Waals surface area contributed by atoms with Crippen molar-refractivity contribution in [3.05, 3.63) is 61.8 Å². The Morgan fingerprint density at radius 2 is 1.60 bits per heavy atom. The number of benzene rings is 2. The van der Waals surface area contributed by atoms with Crippen molar-refractivity contribution >= 4 is 69.0 Å². The Balaban J connectivity index is 1.69. The van der Waals surface area contributed by atoms with E-state index in [9.17, 15) is 4.79 Å². The van der Waals surface area contributed by atoms with Gasteiger partial charge in [-0.3, -0.25) is 4.79 Å². The fourth-order valence-electron chi connectivity index (χ4n) is 5.22. The lowest BCUT2D eigenvalue weighted by Crippen LogP contribution is -2.46. The van der Waals surface area contributed by atoms with Gasteiger partial charge in [0.15, 0.2) is 0 Å². The molecule has 2 aliphatic rings. The largest absolute Gasteiger partial charge is 0.323 e. The molecule has 0 aliphatic heterocycles. The first-order valence-corrected chi connectivity index (χ1v) is 11.1. The minimum absolute atomic E-state index is 0.117. The predicted molar refractivity (Wildman–Crippen MR) is 122 cm³/mol. The maximum atomic E-state index is 13.8. The number of amides is 1. The number of carbonyl (C=O) groups excluding carboxylic acids is 1. The van der Waals surface area contributed by atoms with Gasteiger partial charge in [0, 0.05) is 5.92 Å². The normalized spacial score (nSPS) is 23.6. The molecule has 1 heterocycles. The highest BCUT2D eigenvalue weighted by Gasteiger charge is 2.68. The lowest BCUT2D eigenvalue weighted by Gasteiger charge is -2.36. The van der Waals surface area contributed by atoms with Crippen LogP contribution in [0.5, 0.6) is 0 Å². The number of nitrogens with zero attached hydrogens (tertiary/aromatic N) is 2. The molecule has 1 saturated carbocycles. The predicted octanol–water partition coefficient (Wildman–Crippen LogP) is 7.04. The molecule has 0 saturated heterocycles. The monoisotopic (exact) mass is 479 g/mol. The number of fused-ring (bicyclic) bond motifs is 6. The average molecular weight is 481 g/mol. The van der Waals surface area contributed by atoms with Crippen molar-refractivity contribution < 1.29 is 4.79 Å². The molecule has 1 fully saturated rings. The molecule has 2 bridgehead atoms. The third kappa shape index (κ3) is 2.57. The Morgan fingerprint density at radius 3 is 2.23 bits per heavy atom. The summed E-state index contributed by atoms with van der Waals surface area (Å²) in [4.78, 5) is 23.5. The van der Waals surface area contributed by atoms with Crippen LogP contribution in [0.4, 0.5) is 5.69 Å². The molecule has 2 aliphatic carbocycles. The summed E-state index contributed by atoms with van der Waals surface area (Å²) in [5, 5.41) is 4.61. The number of nitrogens with one attached hydrogen (secondary N) is 1. The van der Waals surface area contributed by atoms with Gasteiger partial charge in [0.25, 0.3) is 0 Å². The highest BCUT2D eigenvalue weighted by molar-refractivity contribution is 6.42. The van der Waals surface area contributed by atoms with E-state index in [0.717, 1.165) is 12.1 Å². The highest BCUT2D eigenvalue weighted by atomic mass is 35.5. The molecule has 4 nitrogen and oxygen atoms in total. The topological polar surface area (TPSA) is 54.9 Å². The summed E-state index contributed by atoms with van der Waals surface area (Å²) >= 11 is 25.0. The van der Waals surface area contributed by atoms with E-state index in [1.807, 2.05) is 0 Å². The second kappa shape index (κ2) is 6.70. The van der Waals surface area contributed by atoms with E-state index in [2.05, 4.69) is 19.2 Å². The number of halogens is 4. The standard InChI is InChI=1S/C22H17Cl4N3O/c1-21(2)10-6-7-22(21,20(30)29-18-11(23)4-3-5-12(18)24)19-17(10)27-15-8-13(25)14(26)9-16(15)28-19/h3-5,8-10H,6-7H2,1-2H3,(H,29,30). The summed E-state index contributed by atoms with van der Waals surface area (Å²) in [7, 11) is 0. The van der Waals surface area contributed by atoms with E-state index < -0.39 is 5.41 Å². The van der Waals surface area contributed by atoms with Gasteiger partial charge in [-0.2, -0.15) is 0 Å². The maximum Gasteiger partial charge on any atom is 0.237 e. The number of hydrogen-bond donors (Lipinski definition) is 1. The van der Waals surface area contributed by atoms with Gasteiger partial charge < -0.3 is 5.32 Å². The van der Waals surface area contributed by atoms with Gasteiger partial charge in [0.2, 0.25) is 5.91 Å². The fraction of sp³-hybridized carbons (Fsp3) is 0.318. The van der Waals surface area contributed by atoms with Gasteiger partial charge in [0.1, 0.15) is 0 Å². The Kier molecular flexibility index (Phi) is 4.54. The molecule has 0 spiro atoms. The molecule has 2 atom stereocenters. The quantitative estimate of drug-likeness (QED) is 0.428. The molecular formula is C22H17Cl4N3O. The Hall–Kier alpha value is -1.59. The summed E-state index contributed by atoms with van der Waals surface area (Å²) in [5.41, 5.74) is 2.05. The lowest BCUT2D eigenvalue weighted by molar-refractivity contribution is -0.124. The van der Waals surface area contributed by atoms with E-state index in [0.29, 0.717) is 48.9 Å². The molecule has 5 rings (SSSR count). The minimum Gasteiger partial charge on any atom is -0.323 e. The molecule has 1 N–H and O–H groups in total. The van der Waals surface area contributed by atoms with E-state index in [-0.39, 0.29) is 17.2 Å². The molecule has 2 unspecified atom stereocenters. The number of hydrogen-bond acceptors (Lipinski definition) is 3. The van der Waals surface area contributed by atoms with Gasteiger partial charge in [-0.15, -0.1) is 0 Å². The lowest BCUT2D eigenvalue weighted by atomic mass is 9.67. The first-order chi connectivity index (χ1) is 14.2. The molecule has 1 aromatic heterocycles. The van der Waals surface area contributed by atoms with E-state index in [4.69, 9.17) is 56.4 Å². The molecule has 154 valence electrons. The van der Waals surface area contributed by atoms with Crippen LogP contribution in [0.3, 0.4) is 0 Å². The van der Waals surface area contributed by atoms with Gasteiger partial charge in [-0.25, -0.2) is 9.97 Å². The van der Waals surface area contributed by atoms with Crippen molar-refractivity contribution in [1.29, 1.82) is 0 Å². The van der Waals surface area contributed by atoms with Crippen molar-refractivity contribution in [3.63, 3.8) is 0 Å². The van der Waals surface area contributed by atoms with Crippen molar-refractivity contribution in [2.75, 3.05) is 5.32 Å². The summed E-state index contributed by atoms with van der Waals surface area (Å²) < 4.78 is 0. The van der Waals surface area contributed by atoms with Crippen molar-refractivity contribution in [1.82, 2.24) is 9.97 Å². The summed E-state index contributed by atoms with van der Waals surface area (Å²) in [5.74, 6) is -0.0521. The van der Waals surface area contributed by atoms with Crippen LogP contribution in [0.15, 0.2) is 30.3 Å². The third-order valence-corrected chi connectivity index (χ3v) is 8.19. The number of anilines is 1. The zero-order chi connectivity index (χ0) is 21.4. The molecule has 8 heteroatoms. The third-order valence-electron chi connectivity index (χ3n) is 6.84. The molecule has 3 aromatic rings. The van der Waals surface area contributed by atoms with Crippen LogP contribution in [0.2, 0.25) is 20.1 Å². The Labute approximate surface area is 193 Å². The molecule has 1 amide bonds. The van der Waals surface area contributed by atoms with E-state index >= 15 is 0 Å². The number of aromatic nitrogens is 2. The van der Waals surface area contributed by atoms with Crippen LogP contribution in [-0.4, -0.2) is 15.9 Å². The molecule has 30 heavy (non-hydrogen) atoms. The fourth-order valence-corrected chi connectivity index (χ4v) is 6.02. The first kappa shape index (κ1) is 20.3. The van der Waals surface area contributed by atoms with Gasteiger partial charge in [0.05, 0.1) is 53.6 Å². The SMILES string of the molecule is CC1(C)C2CCC1(C(=O)Nc1c(Cl)cccc1Cl)c1nc3cc(Cl)c(Cl)cc3nc12. The van der Waals surface area contributed by atoms with Gasteiger partial charge in [-0.1, -0.05) is 66.3 Å². The van der Waals surface area contributed by atoms with E-state index in [1.54, 1.807) is 30.3 Å². The van der Waals surface area contributed by atoms with Crippen molar-refractivity contribution in [2.45, 2.75) is 38.0 Å². The number of rotatable bonds is 2. The first-order valence-electron chi connectivity index (χ1n) is 9.59. The van der Waals surface area contributed by atoms with Crippen LogP contribution < -0.4 is 5.32 Å². The average Bonchev–Trinajstić information content (AvgIpc) is 3.06. The van der Waals surface area contributed by atoms with Crippen LogP contribution in [0, 0.1) is 5.41 Å². The second-order valence-corrected chi connectivity index (χ2v) is 10.1. The molecule has 2 aromatic carbocycles. The number of para-hydroxylation sites is 1. The molecular weight excluding hydrogens is 464 g/mol. The van der Waals surface area contributed by atoms with Gasteiger partial charge in [-0.05, 0) is 42.5 Å². The van der Waals surface area contributed by atoms with Crippen LogP contribution >= 0.6 is 46.4 Å². The Bertz CT molecular complexity index is 1220. The van der Waals surface area contributed by atoms with Crippen molar-refractivity contribution in [3.8, 4) is 0 Å². The summed E-state index contributed by atoms with van der Waals surface area (Å²) in [6.07, 6.45) is 1.53. The summed E-state index contributed by atoms with van der Waals surface area (Å²) in [6.45, 7) is 4.21. The molecule has 0 radical (unpaired) electrons. The van der Waals surface area contributed by atoms with E-state index in [1.165, 1.54) is 0 Å². The van der Waals surface area contributed by atoms with Crippen LogP contribution in [-0.2, 0) is 10.2 Å². The maximum absolute atomic E-state index is 13.8. The van der Waals surface area contributed by atoms with Gasteiger partial charge >= 0.3 is 0 Å².